The zero-order valence-electron chi connectivity index (χ0n) is 19.6. The van der Waals surface area contributed by atoms with E-state index in [2.05, 4.69) is 0 Å². The molecule has 6 heteroatoms. The largest absolute Gasteiger partial charge is 0.381 e. The molecule has 5 rings (SSSR count). The highest BCUT2D eigenvalue weighted by molar-refractivity contribution is 5.65. The zero-order valence-corrected chi connectivity index (χ0v) is 19.6. The summed E-state index contributed by atoms with van der Waals surface area (Å²) in [6.07, 6.45) is 4.00. The van der Waals surface area contributed by atoms with Crippen LogP contribution in [0, 0.1) is 23.3 Å². The van der Waals surface area contributed by atoms with Gasteiger partial charge in [0.15, 0.2) is 23.3 Å². The van der Waals surface area contributed by atoms with E-state index in [1.54, 1.807) is 43.5 Å². The Morgan fingerprint density at radius 2 is 1.40 bits per heavy atom. The number of aryl methyl sites for hydroxylation is 2. The Balaban J connectivity index is 1.25. The molecule has 0 radical (unpaired) electrons. The van der Waals surface area contributed by atoms with Gasteiger partial charge in [-0.3, -0.25) is 0 Å². The molecule has 0 N–H and O–H groups in total. The minimum Gasteiger partial charge on any atom is -0.381 e. The Bertz CT molecular complexity index is 1200. The molecule has 1 aliphatic heterocycles. The number of methoxy groups -OCH3 is 1. The van der Waals surface area contributed by atoms with Crippen LogP contribution >= 0.6 is 0 Å². The van der Waals surface area contributed by atoms with Crippen molar-refractivity contribution < 1.29 is 27.0 Å². The van der Waals surface area contributed by atoms with Crippen LogP contribution in [0.1, 0.15) is 60.0 Å². The van der Waals surface area contributed by atoms with Gasteiger partial charge in [0.05, 0.1) is 12.7 Å². The van der Waals surface area contributed by atoms with Crippen molar-refractivity contribution in [2.75, 3.05) is 13.7 Å². The van der Waals surface area contributed by atoms with E-state index in [0.717, 1.165) is 31.2 Å². The van der Waals surface area contributed by atoms with Gasteiger partial charge in [-0.25, -0.2) is 17.6 Å². The topological polar surface area (TPSA) is 21.8 Å². The van der Waals surface area contributed by atoms with Gasteiger partial charge in [-0.1, -0.05) is 48.5 Å². The van der Waals surface area contributed by atoms with E-state index in [1.807, 2.05) is 12.1 Å². The highest BCUT2D eigenvalue weighted by atomic mass is 19.2. The normalized spacial score (nSPS) is 21.8. The van der Waals surface area contributed by atoms with Crippen LogP contribution in [0.4, 0.5) is 17.6 Å². The van der Waals surface area contributed by atoms with Crippen molar-refractivity contribution in [2.24, 2.45) is 0 Å². The van der Waals surface area contributed by atoms with Crippen LogP contribution in [0.15, 0.2) is 48.5 Å². The smallest absolute Gasteiger partial charge is 0.167 e. The van der Waals surface area contributed by atoms with Gasteiger partial charge in [-0.15, -0.1) is 0 Å². The van der Waals surface area contributed by atoms with Crippen LogP contribution < -0.4 is 0 Å². The first-order chi connectivity index (χ1) is 17.0. The molecule has 2 aliphatic rings. The second-order valence-corrected chi connectivity index (χ2v) is 9.50. The van der Waals surface area contributed by atoms with E-state index in [1.165, 1.54) is 0 Å². The average Bonchev–Trinajstić information content (AvgIpc) is 3.72. The van der Waals surface area contributed by atoms with Crippen LogP contribution in [0.25, 0.3) is 11.1 Å². The predicted molar refractivity (Wildman–Crippen MR) is 126 cm³/mol. The number of benzene rings is 3. The average molecular weight is 485 g/mol. The number of hydrogen-bond acceptors (Lipinski definition) is 2. The van der Waals surface area contributed by atoms with Crippen molar-refractivity contribution in [3.63, 3.8) is 0 Å². The maximum atomic E-state index is 14.9. The van der Waals surface area contributed by atoms with Gasteiger partial charge in [0.25, 0.3) is 0 Å². The molecule has 0 bridgehead atoms. The third kappa shape index (κ3) is 5.00. The highest BCUT2D eigenvalue weighted by Gasteiger charge is 2.30. The molecule has 0 amide bonds. The lowest BCUT2D eigenvalue weighted by molar-refractivity contribution is 0.0655. The summed E-state index contributed by atoms with van der Waals surface area (Å²) in [5, 5.41) is 0. The molecular formula is C29H28F4O2. The summed E-state index contributed by atoms with van der Waals surface area (Å²) >= 11 is 0. The maximum Gasteiger partial charge on any atom is 0.167 e. The van der Waals surface area contributed by atoms with Crippen molar-refractivity contribution in [1.29, 1.82) is 0 Å². The van der Waals surface area contributed by atoms with Crippen LogP contribution in [-0.2, 0) is 22.3 Å². The molecule has 1 heterocycles. The SMILES string of the molecule is COC1CCC(c2ccc(CCc3ccc(-c4ccc(C5CO5)c(F)c4F)cc3)c(F)c2F)CC1. The molecule has 35 heavy (non-hydrogen) atoms. The first kappa shape index (κ1) is 24.0. The first-order valence-electron chi connectivity index (χ1n) is 12.1. The second kappa shape index (κ2) is 10.1. The van der Waals surface area contributed by atoms with E-state index in [0.29, 0.717) is 36.1 Å². The third-order valence-corrected chi connectivity index (χ3v) is 7.38. The lowest BCUT2D eigenvalue weighted by Gasteiger charge is -2.28. The Kier molecular flexibility index (Phi) is 6.94. The Morgan fingerprint density at radius 1 is 0.743 bits per heavy atom. The second-order valence-electron chi connectivity index (χ2n) is 9.50. The Morgan fingerprint density at radius 3 is 2.06 bits per heavy atom. The van der Waals surface area contributed by atoms with Gasteiger partial charge >= 0.3 is 0 Å². The molecular weight excluding hydrogens is 456 g/mol. The standard InChI is InChI=1S/C29H28F4O2/c1-34-21-11-8-19(9-12-21)22-13-10-20(26(30)27(22)31)7-4-17-2-5-18(6-3-17)23-14-15-24(25-16-35-25)29(33)28(23)32/h2-3,5-6,10,13-15,19,21,25H,4,7-9,11-12,16H2,1H3. The van der Waals surface area contributed by atoms with E-state index in [4.69, 9.17) is 9.47 Å². The van der Waals surface area contributed by atoms with E-state index >= 15 is 0 Å². The number of halogens is 4. The van der Waals surface area contributed by atoms with Crippen molar-refractivity contribution in [3.05, 3.63) is 94.1 Å². The Labute approximate surface area is 202 Å². The van der Waals surface area contributed by atoms with E-state index in [-0.39, 0.29) is 29.3 Å². The van der Waals surface area contributed by atoms with Crippen molar-refractivity contribution >= 4 is 0 Å². The number of rotatable bonds is 7. The lowest BCUT2D eigenvalue weighted by atomic mass is 9.82. The van der Waals surface area contributed by atoms with Gasteiger partial charge in [0.2, 0.25) is 0 Å². The van der Waals surface area contributed by atoms with Gasteiger partial charge in [0.1, 0.15) is 6.10 Å². The first-order valence-corrected chi connectivity index (χ1v) is 12.1. The molecule has 1 unspecified atom stereocenters. The molecule has 2 fully saturated rings. The van der Waals surface area contributed by atoms with Crippen molar-refractivity contribution in [2.45, 2.75) is 56.7 Å². The van der Waals surface area contributed by atoms with Crippen LogP contribution in [0.5, 0.6) is 0 Å². The summed E-state index contributed by atoms with van der Waals surface area (Å²) in [6, 6.07) is 13.6. The molecule has 2 nitrogen and oxygen atoms in total. The summed E-state index contributed by atoms with van der Waals surface area (Å²) in [6.45, 7) is 0.410. The monoisotopic (exact) mass is 484 g/mol. The van der Waals surface area contributed by atoms with E-state index < -0.39 is 23.3 Å². The summed E-state index contributed by atoms with van der Waals surface area (Å²) < 4.78 is 69.1. The fraction of sp³-hybridized carbons (Fsp3) is 0.379. The van der Waals surface area contributed by atoms with Gasteiger partial charge in [-0.05, 0) is 66.7 Å². The van der Waals surface area contributed by atoms with Gasteiger partial charge in [-0.2, -0.15) is 0 Å². The molecule has 0 spiro atoms. The predicted octanol–water partition coefficient (Wildman–Crippen LogP) is 7.44. The molecule has 1 atom stereocenters. The van der Waals surface area contributed by atoms with Gasteiger partial charge in [0, 0.05) is 18.2 Å². The molecule has 1 aliphatic carbocycles. The summed E-state index contributed by atoms with van der Waals surface area (Å²) in [5.41, 5.74) is 2.68. The van der Waals surface area contributed by atoms with E-state index in [9.17, 15) is 17.6 Å². The molecule has 3 aromatic rings. The minimum atomic E-state index is -0.890. The van der Waals surface area contributed by atoms with Crippen LogP contribution in [-0.4, -0.2) is 19.8 Å². The quantitative estimate of drug-likeness (QED) is 0.257. The fourth-order valence-corrected chi connectivity index (χ4v) is 5.12. The van der Waals surface area contributed by atoms with Crippen molar-refractivity contribution in [1.82, 2.24) is 0 Å². The molecule has 184 valence electrons. The number of hydrogen-bond donors (Lipinski definition) is 0. The van der Waals surface area contributed by atoms with Crippen LogP contribution in [0.3, 0.4) is 0 Å². The number of epoxide rings is 1. The molecule has 1 saturated carbocycles. The maximum absolute atomic E-state index is 14.9. The van der Waals surface area contributed by atoms with Crippen molar-refractivity contribution in [3.8, 4) is 11.1 Å². The van der Waals surface area contributed by atoms with Crippen LogP contribution in [0.2, 0.25) is 0 Å². The Hall–Kier alpha value is -2.70. The van der Waals surface area contributed by atoms with Gasteiger partial charge < -0.3 is 9.47 Å². The molecule has 1 saturated heterocycles. The third-order valence-electron chi connectivity index (χ3n) is 7.38. The summed E-state index contributed by atoms with van der Waals surface area (Å²) in [7, 11) is 1.69. The minimum absolute atomic E-state index is 0.0218. The lowest BCUT2D eigenvalue weighted by Crippen LogP contribution is -2.20. The summed E-state index contributed by atoms with van der Waals surface area (Å²) in [5.74, 6) is -3.25. The zero-order chi connectivity index (χ0) is 24.5. The molecule has 3 aromatic carbocycles. The summed E-state index contributed by atoms with van der Waals surface area (Å²) in [4.78, 5) is 0. The molecule has 0 aromatic heterocycles. The fourth-order valence-electron chi connectivity index (χ4n) is 5.12. The highest BCUT2D eigenvalue weighted by Crippen LogP contribution is 2.37. The number of ether oxygens (including phenoxy) is 2.